The predicted molar refractivity (Wildman–Crippen MR) is 105 cm³/mol. The van der Waals surface area contributed by atoms with Gasteiger partial charge >= 0.3 is 6.03 Å². The van der Waals surface area contributed by atoms with Crippen LogP contribution in [-0.4, -0.2) is 42.4 Å². The first-order chi connectivity index (χ1) is 12.9. The van der Waals surface area contributed by atoms with E-state index in [2.05, 4.69) is 10.6 Å². The van der Waals surface area contributed by atoms with Crippen LogP contribution in [0.15, 0.2) is 48.5 Å². The van der Waals surface area contributed by atoms with Gasteiger partial charge in [-0.3, -0.25) is 14.5 Å². The van der Waals surface area contributed by atoms with Crippen molar-refractivity contribution in [3.63, 3.8) is 0 Å². The highest BCUT2D eigenvalue weighted by molar-refractivity contribution is 6.30. The van der Waals surface area contributed by atoms with E-state index in [4.69, 9.17) is 11.6 Å². The van der Waals surface area contributed by atoms with Gasteiger partial charge in [0.1, 0.15) is 6.54 Å². The second-order valence-corrected chi connectivity index (χ2v) is 6.58. The van der Waals surface area contributed by atoms with E-state index in [1.807, 2.05) is 0 Å². The first kappa shape index (κ1) is 18.7. The topological polar surface area (TPSA) is 81.8 Å². The molecule has 0 saturated carbocycles. The zero-order valence-electron chi connectivity index (χ0n) is 14.7. The Morgan fingerprint density at radius 3 is 2.37 bits per heavy atom. The lowest BCUT2D eigenvalue weighted by atomic mass is 10.2. The van der Waals surface area contributed by atoms with Gasteiger partial charge in [-0.25, -0.2) is 4.79 Å². The van der Waals surface area contributed by atoms with Gasteiger partial charge in [-0.15, -0.1) is 0 Å². The molecule has 8 heteroatoms. The molecule has 0 unspecified atom stereocenters. The fourth-order valence-electron chi connectivity index (χ4n) is 2.84. The molecule has 1 heterocycles. The number of halogens is 1. The minimum absolute atomic E-state index is 0.0483. The van der Waals surface area contributed by atoms with Crippen LogP contribution in [0.5, 0.6) is 0 Å². The number of nitrogens with one attached hydrogen (secondary N) is 2. The van der Waals surface area contributed by atoms with E-state index in [0.29, 0.717) is 29.5 Å². The highest BCUT2D eigenvalue weighted by atomic mass is 35.5. The highest BCUT2D eigenvalue weighted by Crippen LogP contribution is 2.22. The van der Waals surface area contributed by atoms with Gasteiger partial charge in [-0.1, -0.05) is 17.7 Å². The van der Waals surface area contributed by atoms with Crippen molar-refractivity contribution in [3.8, 4) is 0 Å². The average Bonchev–Trinajstić information content (AvgIpc) is 2.96. The van der Waals surface area contributed by atoms with Gasteiger partial charge in [0.15, 0.2) is 0 Å². The number of benzene rings is 2. The largest absolute Gasteiger partial charge is 0.326 e. The van der Waals surface area contributed by atoms with Crippen LogP contribution in [0, 0.1) is 0 Å². The normalized spacial score (nSPS) is 13.6. The van der Waals surface area contributed by atoms with Crippen molar-refractivity contribution >= 4 is 46.5 Å². The molecule has 2 aromatic rings. The first-order valence-corrected chi connectivity index (χ1v) is 8.80. The summed E-state index contributed by atoms with van der Waals surface area (Å²) in [7, 11) is 0. The van der Waals surface area contributed by atoms with Crippen LogP contribution in [0.2, 0.25) is 5.02 Å². The van der Waals surface area contributed by atoms with Gasteiger partial charge in [-0.05, 0) is 42.5 Å². The Balaban J connectivity index is 1.59. The zero-order valence-corrected chi connectivity index (χ0v) is 15.5. The smallest absolute Gasteiger partial charge is 0.325 e. The number of anilines is 3. The monoisotopic (exact) mass is 386 g/mol. The van der Waals surface area contributed by atoms with E-state index in [1.165, 1.54) is 11.8 Å². The molecular weight excluding hydrogens is 368 g/mol. The minimum atomic E-state index is -0.304. The number of hydrogen-bond acceptors (Lipinski definition) is 3. The second kappa shape index (κ2) is 8.09. The summed E-state index contributed by atoms with van der Waals surface area (Å²) in [6, 6.07) is 13.6. The molecule has 0 atom stereocenters. The summed E-state index contributed by atoms with van der Waals surface area (Å²) in [5.41, 5.74) is 1.88. The van der Waals surface area contributed by atoms with E-state index in [9.17, 15) is 14.4 Å². The van der Waals surface area contributed by atoms with Crippen LogP contribution in [0.3, 0.4) is 0 Å². The number of amides is 4. The van der Waals surface area contributed by atoms with E-state index >= 15 is 0 Å². The molecule has 27 heavy (non-hydrogen) atoms. The van der Waals surface area contributed by atoms with E-state index in [1.54, 1.807) is 53.4 Å². The van der Waals surface area contributed by atoms with Crippen molar-refractivity contribution in [3.05, 3.63) is 53.6 Å². The van der Waals surface area contributed by atoms with Crippen molar-refractivity contribution in [2.75, 3.05) is 35.2 Å². The summed E-state index contributed by atoms with van der Waals surface area (Å²) in [4.78, 5) is 39.1. The Hall–Kier alpha value is -3.06. The molecule has 0 spiro atoms. The molecule has 2 N–H and O–H groups in total. The van der Waals surface area contributed by atoms with Crippen molar-refractivity contribution in [2.45, 2.75) is 6.92 Å². The quantitative estimate of drug-likeness (QED) is 0.828. The van der Waals surface area contributed by atoms with E-state index < -0.39 is 0 Å². The Morgan fingerprint density at radius 2 is 1.70 bits per heavy atom. The summed E-state index contributed by atoms with van der Waals surface area (Å²) in [6.45, 7) is 2.33. The molecule has 0 aliphatic carbocycles. The van der Waals surface area contributed by atoms with Gasteiger partial charge in [0.2, 0.25) is 11.8 Å². The summed E-state index contributed by atoms with van der Waals surface area (Å²) in [6.07, 6.45) is 0. The fraction of sp³-hybridized carbons (Fsp3) is 0.211. The average molecular weight is 387 g/mol. The molecule has 140 valence electrons. The summed E-state index contributed by atoms with van der Waals surface area (Å²) in [5.74, 6) is -0.496. The second-order valence-electron chi connectivity index (χ2n) is 6.14. The Kier molecular flexibility index (Phi) is 5.61. The number of carbonyl (C=O) groups is 3. The van der Waals surface area contributed by atoms with Crippen molar-refractivity contribution in [1.82, 2.24) is 4.90 Å². The summed E-state index contributed by atoms with van der Waals surface area (Å²) >= 11 is 5.88. The number of hydrogen-bond donors (Lipinski definition) is 2. The molecule has 3 rings (SSSR count). The Bertz CT molecular complexity index is 870. The van der Waals surface area contributed by atoms with Crippen LogP contribution >= 0.6 is 11.6 Å². The lowest BCUT2D eigenvalue weighted by molar-refractivity contribution is -0.116. The molecule has 7 nitrogen and oxygen atoms in total. The van der Waals surface area contributed by atoms with Gasteiger partial charge in [0.25, 0.3) is 0 Å². The zero-order chi connectivity index (χ0) is 19.4. The van der Waals surface area contributed by atoms with Crippen LogP contribution in [0.1, 0.15) is 6.92 Å². The summed E-state index contributed by atoms with van der Waals surface area (Å²) in [5, 5.41) is 6.00. The van der Waals surface area contributed by atoms with E-state index in [0.717, 1.165) is 5.69 Å². The van der Waals surface area contributed by atoms with Crippen LogP contribution in [-0.2, 0) is 9.59 Å². The molecule has 4 amide bonds. The van der Waals surface area contributed by atoms with Crippen LogP contribution in [0.25, 0.3) is 0 Å². The predicted octanol–water partition coefficient (Wildman–Crippen LogP) is 3.18. The molecule has 1 saturated heterocycles. The lowest BCUT2D eigenvalue weighted by Crippen LogP contribution is -2.37. The molecule has 0 aromatic heterocycles. The maximum atomic E-state index is 12.5. The standard InChI is InChI=1S/C19H19ClN4O3/c1-13(25)21-15-3-2-4-16(11-15)22-18(26)12-23-9-10-24(19(23)27)17-7-5-14(20)6-8-17/h2-8,11H,9-10,12H2,1H3,(H,21,25)(H,22,26). The molecule has 0 radical (unpaired) electrons. The third-order valence-electron chi connectivity index (χ3n) is 4.03. The summed E-state index contributed by atoms with van der Waals surface area (Å²) < 4.78 is 0. The van der Waals surface area contributed by atoms with Crippen molar-refractivity contribution in [2.24, 2.45) is 0 Å². The van der Waals surface area contributed by atoms with Crippen LogP contribution < -0.4 is 15.5 Å². The maximum absolute atomic E-state index is 12.5. The molecule has 2 aromatic carbocycles. The van der Waals surface area contributed by atoms with Crippen LogP contribution in [0.4, 0.5) is 21.9 Å². The number of nitrogens with zero attached hydrogens (tertiary/aromatic N) is 2. The van der Waals surface area contributed by atoms with Gasteiger partial charge < -0.3 is 15.5 Å². The fourth-order valence-corrected chi connectivity index (χ4v) is 2.97. The first-order valence-electron chi connectivity index (χ1n) is 8.42. The number of urea groups is 1. The third-order valence-corrected chi connectivity index (χ3v) is 4.29. The van der Waals surface area contributed by atoms with Gasteiger partial charge in [0.05, 0.1) is 0 Å². The Morgan fingerprint density at radius 1 is 1.04 bits per heavy atom. The Labute approximate surface area is 161 Å². The van der Waals surface area contributed by atoms with Gasteiger partial charge in [-0.2, -0.15) is 0 Å². The third kappa shape index (κ3) is 4.77. The SMILES string of the molecule is CC(=O)Nc1cccc(NC(=O)CN2CCN(c3ccc(Cl)cc3)C2=O)c1. The molecule has 1 aliphatic rings. The molecule has 0 bridgehead atoms. The number of carbonyl (C=O) groups excluding carboxylic acids is 3. The molecule has 1 fully saturated rings. The lowest BCUT2D eigenvalue weighted by Gasteiger charge is -2.18. The number of rotatable bonds is 5. The molecule has 1 aliphatic heterocycles. The molecular formula is C19H19ClN4O3. The van der Waals surface area contributed by atoms with Crippen molar-refractivity contribution in [1.29, 1.82) is 0 Å². The van der Waals surface area contributed by atoms with Crippen molar-refractivity contribution < 1.29 is 14.4 Å². The maximum Gasteiger partial charge on any atom is 0.325 e. The minimum Gasteiger partial charge on any atom is -0.326 e. The van der Waals surface area contributed by atoms with E-state index in [-0.39, 0.29) is 24.4 Å². The van der Waals surface area contributed by atoms with Gasteiger partial charge in [0, 0.05) is 42.1 Å². The highest BCUT2D eigenvalue weighted by Gasteiger charge is 2.30.